The first-order chi connectivity index (χ1) is 17.1. The Morgan fingerprint density at radius 1 is 1.09 bits per heavy atom. The number of anilines is 2. The number of aromatic nitrogens is 5. The summed E-state index contributed by atoms with van der Waals surface area (Å²) in [7, 11) is 3.16. The molecular weight excluding hydrogens is 446 g/mol. The molecular formula is C25H23N7O3. The fourth-order valence-electron chi connectivity index (χ4n) is 4.01. The van der Waals surface area contributed by atoms with E-state index in [4.69, 9.17) is 14.6 Å². The lowest BCUT2D eigenvalue weighted by molar-refractivity contribution is -0.113. The Balaban J connectivity index is 1.65. The van der Waals surface area contributed by atoms with Crippen LogP contribution in [0.3, 0.4) is 0 Å². The molecule has 1 aromatic carbocycles. The maximum atomic E-state index is 13.6. The predicted octanol–water partition coefficient (Wildman–Crippen LogP) is 3.68. The number of carbonyl (C=O) groups is 1. The molecule has 1 unspecified atom stereocenters. The van der Waals surface area contributed by atoms with Crippen molar-refractivity contribution >= 4 is 17.7 Å². The molecule has 4 heterocycles. The standard InChI is InChI=1S/C25H23N7O3/c1-15-21(24(33)29-20-8-4-5-12-27-20)22(18-10-9-17(34-2)13-19(18)35-3)32-25(28-15)30-23(31-32)16-7-6-11-26-14-16/h4-14,22H,1-3H3,(H,27,29,33)(H,28,30,31). The average molecular weight is 470 g/mol. The van der Waals surface area contributed by atoms with E-state index in [1.807, 2.05) is 37.3 Å². The Labute approximate surface area is 201 Å². The van der Waals surface area contributed by atoms with Gasteiger partial charge in [0.15, 0.2) is 5.82 Å². The van der Waals surface area contributed by atoms with E-state index in [0.29, 0.717) is 40.4 Å². The lowest BCUT2D eigenvalue weighted by Crippen LogP contribution is -2.32. The van der Waals surface area contributed by atoms with Crippen molar-refractivity contribution in [2.45, 2.75) is 13.0 Å². The van der Waals surface area contributed by atoms with Gasteiger partial charge >= 0.3 is 0 Å². The fourth-order valence-corrected chi connectivity index (χ4v) is 4.01. The number of hydrogen-bond acceptors (Lipinski definition) is 8. The Hall–Kier alpha value is -4.73. The van der Waals surface area contributed by atoms with Gasteiger partial charge in [-0.25, -0.2) is 9.67 Å². The SMILES string of the molecule is COc1ccc(C2C(C(=O)Nc3ccccn3)=C(C)Nc3nc(-c4cccnc4)nn32)c(OC)c1. The number of allylic oxidation sites excluding steroid dienone is 1. The minimum Gasteiger partial charge on any atom is -0.497 e. The van der Waals surface area contributed by atoms with Gasteiger partial charge < -0.3 is 20.1 Å². The molecule has 0 aliphatic carbocycles. The van der Waals surface area contributed by atoms with Crippen molar-refractivity contribution in [1.82, 2.24) is 24.7 Å². The van der Waals surface area contributed by atoms with Crippen LogP contribution in [0.5, 0.6) is 11.5 Å². The molecule has 2 N–H and O–H groups in total. The Kier molecular flexibility index (Phi) is 5.84. The third kappa shape index (κ3) is 4.17. The van der Waals surface area contributed by atoms with Crippen LogP contribution in [0.1, 0.15) is 18.5 Å². The van der Waals surface area contributed by atoms with E-state index in [9.17, 15) is 4.79 Å². The summed E-state index contributed by atoms with van der Waals surface area (Å²) in [5.74, 6) is 2.29. The number of nitrogens with one attached hydrogen (secondary N) is 2. The Morgan fingerprint density at radius 3 is 2.69 bits per heavy atom. The van der Waals surface area contributed by atoms with Gasteiger partial charge in [-0.15, -0.1) is 5.10 Å². The number of hydrogen-bond donors (Lipinski definition) is 2. The molecule has 0 fully saturated rings. The summed E-state index contributed by atoms with van der Waals surface area (Å²) in [5, 5.41) is 10.9. The van der Waals surface area contributed by atoms with E-state index in [2.05, 4.69) is 25.6 Å². The number of fused-ring (bicyclic) bond motifs is 1. The zero-order valence-electron chi connectivity index (χ0n) is 19.4. The molecule has 1 aliphatic heterocycles. The molecule has 10 heteroatoms. The van der Waals surface area contributed by atoms with Gasteiger partial charge in [0.2, 0.25) is 5.95 Å². The lowest BCUT2D eigenvalue weighted by Gasteiger charge is -2.29. The molecule has 1 aliphatic rings. The van der Waals surface area contributed by atoms with Crippen molar-refractivity contribution < 1.29 is 14.3 Å². The van der Waals surface area contributed by atoms with Crippen molar-refractivity contribution in [3.63, 3.8) is 0 Å². The first-order valence-electron chi connectivity index (χ1n) is 10.9. The lowest BCUT2D eigenvalue weighted by atomic mass is 9.94. The summed E-state index contributed by atoms with van der Waals surface area (Å²) >= 11 is 0. The molecule has 4 aromatic rings. The van der Waals surface area contributed by atoms with Gasteiger partial charge in [0, 0.05) is 41.5 Å². The molecule has 0 saturated heterocycles. The maximum Gasteiger partial charge on any atom is 0.257 e. The van der Waals surface area contributed by atoms with Crippen molar-refractivity contribution in [1.29, 1.82) is 0 Å². The van der Waals surface area contributed by atoms with Gasteiger partial charge in [0.1, 0.15) is 23.4 Å². The minimum absolute atomic E-state index is 0.319. The van der Waals surface area contributed by atoms with Crippen LogP contribution < -0.4 is 20.1 Å². The van der Waals surface area contributed by atoms with Crippen molar-refractivity contribution in [3.8, 4) is 22.9 Å². The number of pyridine rings is 2. The predicted molar refractivity (Wildman–Crippen MR) is 130 cm³/mol. The largest absolute Gasteiger partial charge is 0.497 e. The zero-order chi connectivity index (χ0) is 24.4. The normalized spacial score (nSPS) is 14.7. The number of amides is 1. The molecule has 1 amide bonds. The highest BCUT2D eigenvalue weighted by atomic mass is 16.5. The molecule has 3 aromatic heterocycles. The molecule has 1 atom stereocenters. The van der Waals surface area contributed by atoms with E-state index < -0.39 is 6.04 Å². The number of rotatable bonds is 6. The number of carbonyl (C=O) groups excluding carboxylic acids is 1. The first kappa shape index (κ1) is 22.1. The topological polar surface area (TPSA) is 116 Å². The molecule has 0 bridgehead atoms. The van der Waals surface area contributed by atoms with Crippen molar-refractivity contribution in [3.05, 3.63) is 84.0 Å². The van der Waals surface area contributed by atoms with E-state index in [1.54, 1.807) is 55.7 Å². The summed E-state index contributed by atoms with van der Waals surface area (Å²) in [6.45, 7) is 1.83. The second-order valence-electron chi connectivity index (χ2n) is 7.79. The van der Waals surface area contributed by atoms with Crippen LogP contribution in [0, 0.1) is 0 Å². The minimum atomic E-state index is -0.631. The van der Waals surface area contributed by atoms with E-state index >= 15 is 0 Å². The van der Waals surface area contributed by atoms with Gasteiger partial charge in [-0.3, -0.25) is 9.78 Å². The van der Waals surface area contributed by atoms with E-state index in [0.717, 1.165) is 11.1 Å². The van der Waals surface area contributed by atoms with Crippen LogP contribution in [0.15, 0.2) is 78.4 Å². The summed E-state index contributed by atoms with van der Waals surface area (Å²) < 4.78 is 12.7. The number of ether oxygens (including phenoxy) is 2. The zero-order valence-corrected chi connectivity index (χ0v) is 19.4. The Bertz CT molecular complexity index is 1400. The van der Waals surface area contributed by atoms with Gasteiger partial charge in [-0.2, -0.15) is 4.98 Å². The van der Waals surface area contributed by atoms with Crippen LogP contribution in [-0.4, -0.2) is 44.9 Å². The molecule has 0 radical (unpaired) electrons. The number of nitrogens with zero attached hydrogens (tertiary/aromatic N) is 5. The molecule has 0 saturated carbocycles. The third-order valence-corrected chi connectivity index (χ3v) is 5.66. The smallest absolute Gasteiger partial charge is 0.257 e. The Morgan fingerprint density at radius 2 is 1.97 bits per heavy atom. The van der Waals surface area contributed by atoms with Crippen molar-refractivity contribution in [2.75, 3.05) is 24.9 Å². The summed E-state index contributed by atoms with van der Waals surface area (Å²) in [5.41, 5.74) is 2.58. The highest BCUT2D eigenvalue weighted by Crippen LogP contribution is 2.41. The third-order valence-electron chi connectivity index (χ3n) is 5.66. The first-order valence-corrected chi connectivity index (χ1v) is 10.9. The van der Waals surface area contributed by atoms with Gasteiger partial charge in [0.25, 0.3) is 5.91 Å². The summed E-state index contributed by atoms with van der Waals surface area (Å²) in [4.78, 5) is 26.7. The van der Waals surface area contributed by atoms with E-state index in [1.165, 1.54) is 0 Å². The van der Waals surface area contributed by atoms with Gasteiger partial charge in [-0.1, -0.05) is 6.07 Å². The maximum absolute atomic E-state index is 13.6. The van der Waals surface area contributed by atoms with Crippen molar-refractivity contribution in [2.24, 2.45) is 0 Å². The van der Waals surface area contributed by atoms with E-state index in [-0.39, 0.29) is 5.91 Å². The highest BCUT2D eigenvalue weighted by Gasteiger charge is 2.36. The molecule has 35 heavy (non-hydrogen) atoms. The fraction of sp³-hybridized carbons (Fsp3) is 0.160. The van der Waals surface area contributed by atoms with Crippen LogP contribution >= 0.6 is 0 Å². The van der Waals surface area contributed by atoms with Crippen LogP contribution in [0.25, 0.3) is 11.4 Å². The molecule has 10 nitrogen and oxygen atoms in total. The number of methoxy groups -OCH3 is 2. The molecule has 0 spiro atoms. The average Bonchev–Trinajstić information content (AvgIpc) is 3.32. The van der Waals surface area contributed by atoms with Gasteiger partial charge in [-0.05, 0) is 43.3 Å². The quantitative estimate of drug-likeness (QED) is 0.439. The van der Waals surface area contributed by atoms with Crippen LogP contribution in [0.4, 0.5) is 11.8 Å². The number of benzene rings is 1. The van der Waals surface area contributed by atoms with Crippen LogP contribution in [0.2, 0.25) is 0 Å². The monoisotopic (exact) mass is 469 g/mol. The second kappa shape index (κ2) is 9.26. The summed E-state index contributed by atoms with van der Waals surface area (Å²) in [6.07, 6.45) is 5.00. The molecule has 5 rings (SSSR count). The van der Waals surface area contributed by atoms with Gasteiger partial charge in [0.05, 0.1) is 19.8 Å². The molecule has 176 valence electrons. The summed E-state index contributed by atoms with van der Waals surface area (Å²) in [6, 6.07) is 13.9. The van der Waals surface area contributed by atoms with Crippen LogP contribution in [-0.2, 0) is 4.79 Å². The highest BCUT2D eigenvalue weighted by molar-refractivity contribution is 6.05. The second-order valence-corrected chi connectivity index (χ2v) is 7.79.